The molecule has 0 aliphatic heterocycles. The smallest absolute Gasteiger partial charge is 0.117 e. The Labute approximate surface area is 31.2 Å². The molecule has 0 atom stereocenters. The van der Waals surface area contributed by atoms with Crippen LogP contribution in [0.4, 0.5) is 4.79 Å². The molecule has 0 aromatic carbocycles. The van der Waals surface area contributed by atoms with Crippen LogP contribution in [0, 0.1) is 0 Å². The van der Waals surface area contributed by atoms with Crippen molar-refractivity contribution in [2.45, 2.75) is 0 Å². The first-order chi connectivity index (χ1) is 1.73. The normalized spacial score (nSPS) is 6.50. The molecule has 1 nitrogen and oxygen atoms in total. The molecule has 0 amide bonds. The van der Waals surface area contributed by atoms with Gasteiger partial charge in [0.2, 0.25) is 0 Å². The van der Waals surface area contributed by atoms with E-state index in [1.165, 1.54) is 0 Å². The van der Waals surface area contributed by atoms with Crippen LogP contribution in [0.1, 0.15) is 0 Å². The Morgan fingerprint density at radius 3 is 1.50 bits per heavy atom. The van der Waals surface area contributed by atoms with E-state index < -0.39 is 0 Å². The second-order valence-electron chi connectivity index (χ2n) is 0.329. The van der Waals surface area contributed by atoms with Gasteiger partial charge in [0.1, 0.15) is 20.5 Å². The molecule has 0 spiro atoms. The van der Waals surface area contributed by atoms with E-state index >= 15 is 0 Å². The summed E-state index contributed by atoms with van der Waals surface area (Å²) < 4.78 is 0. The largest absolute Gasteiger partial charge is 0.313 e. The molecule has 18 valence electrons. The molecule has 0 saturated carbocycles. The van der Waals surface area contributed by atoms with E-state index in [4.69, 9.17) is 0 Å². The van der Waals surface area contributed by atoms with Crippen LogP contribution in [0.25, 0.3) is 0 Å². The zero-order valence-electron chi connectivity index (χ0n) is 1.91. The highest BCUT2D eigenvalue weighted by molar-refractivity contribution is 6.87. The van der Waals surface area contributed by atoms with Crippen molar-refractivity contribution in [1.29, 1.82) is 0 Å². The molecule has 6 radical (unpaired) electrons. The van der Waals surface area contributed by atoms with Crippen LogP contribution in [-0.4, -0.2) is 25.5 Å². The summed E-state index contributed by atoms with van der Waals surface area (Å²) in [7, 11) is 5.17. The van der Waals surface area contributed by atoms with Crippen LogP contribution in [0.15, 0.2) is 0 Å². The molecule has 0 N–H and O–H groups in total. The lowest BCUT2D eigenvalue weighted by Gasteiger charge is -1.54. The van der Waals surface area contributed by atoms with Crippen molar-refractivity contribution in [3.63, 3.8) is 0 Å². The molecule has 0 fully saturated rings. The summed E-state index contributed by atoms with van der Waals surface area (Å²) in [5.41, 5.74) is 0. The second kappa shape index (κ2) is 1.43. The van der Waals surface area contributed by atoms with E-state index in [-0.39, 0.29) is 5.03 Å². The minimum Gasteiger partial charge on any atom is -0.313 e. The van der Waals surface area contributed by atoms with Gasteiger partial charge < -0.3 is 4.79 Å². The van der Waals surface area contributed by atoms with E-state index in [0.29, 0.717) is 0 Å². The summed E-state index contributed by atoms with van der Waals surface area (Å²) in [6, 6.07) is 0. The topological polar surface area (TPSA) is 17.1 Å². The third-order valence-electron chi connectivity index (χ3n) is 0. The average Bonchev–Trinajstić information content (AvgIpc) is 0.811. The third-order valence-corrected chi connectivity index (χ3v) is 0. The quantitative estimate of drug-likeness (QED) is 0.360. The summed E-state index contributed by atoms with van der Waals surface area (Å²) in [6.45, 7) is 0. The fourth-order valence-corrected chi connectivity index (χ4v) is 0. The molecule has 0 aliphatic carbocycles. The first kappa shape index (κ1) is 4.10. The van der Waals surface area contributed by atoms with Crippen molar-refractivity contribution < 1.29 is 4.79 Å². The highest BCUT2D eigenvalue weighted by Gasteiger charge is 1.64. The monoisotopic (exact) mass is 83.9 g/mol. The van der Waals surface area contributed by atoms with Gasteiger partial charge in [-0.3, -0.25) is 0 Å². The molecular formula is COSi2. The van der Waals surface area contributed by atoms with Gasteiger partial charge in [-0.1, -0.05) is 0 Å². The Kier molecular flexibility index (Phi) is 1.46. The Morgan fingerprint density at radius 1 is 1.50 bits per heavy atom. The minimum atomic E-state index is -0.222. The van der Waals surface area contributed by atoms with Gasteiger partial charge in [0.25, 0.3) is 0 Å². The van der Waals surface area contributed by atoms with Crippen LogP contribution in [0.3, 0.4) is 0 Å². The van der Waals surface area contributed by atoms with E-state index in [1.54, 1.807) is 0 Å². The lowest BCUT2D eigenvalue weighted by Crippen LogP contribution is -1.85. The molecule has 0 rings (SSSR count). The number of carbonyl (C=O) groups excluding carboxylic acids is 1. The zero-order chi connectivity index (χ0) is 3.58. The van der Waals surface area contributed by atoms with E-state index in [0.717, 1.165) is 0 Å². The molecular weight excluding hydrogens is 84.2 g/mol. The SMILES string of the molecule is O=C([Si])[Si]. The number of hydrogen-bond donors (Lipinski definition) is 0. The van der Waals surface area contributed by atoms with Crippen LogP contribution >= 0.6 is 0 Å². The molecule has 3 heteroatoms. The maximum Gasteiger partial charge on any atom is 0.117 e. The molecule has 0 unspecified atom stereocenters. The predicted octanol–water partition coefficient (Wildman–Crippen LogP) is -0.557. The molecule has 0 heterocycles. The molecule has 0 saturated heterocycles. The van der Waals surface area contributed by atoms with Crippen molar-refractivity contribution in [1.82, 2.24) is 0 Å². The molecule has 0 aromatic rings. The van der Waals surface area contributed by atoms with Crippen molar-refractivity contribution in [2.75, 3.05) is 0 Å². The minimum absolute atomic E-state index is 0.222. The van der Waals surface area contributed by atoms with Gasteiger partial charge in [-0.15, -0.1) is 0 Å². The summed E-state index contributed by atoms with van der Waals surface area (Å²) in [4.78, 5) is 9.27. The fraction of sp³-hybridized carbons (Fsp3) is 0. The van der Waals surface area contributed by atoms with Crippen molar-refractivity contribution in [2.24, 2.45) is 0 Å². The van der Waals surface area contributed by atoms with Gasteiger partial charge in [0.15, 0.2) is 0 Å². The summed E-state index contributed by atoms with van der Waals surface area (Å²) in [5.74, 6) is 0. The van der Waals surface area contributed by atoms with Crippen molar-refractivity contribution in [3.8, 4) is 0 Å². The Hall–Kier alpha value is 0.104. The highest BCUT2D eigenvalue weighted by Crippen LogP contribution is 1.40. The van der Waals surface area contributed by atoms with Gasteiger partial charge in [-0.25, -0.2) is 0 Å². The van der Waals surface area contributed by atoms with Crippen LogP contribution in [-0.2, 0) is 0 Å². The first-order valence-electron chi connectivity index (χ1n) is 0.704. The summed E-state index contributed by atoms with van der Waals surface area (Å²) >= 11 is 0. The van der Waals surface area contributed by atoms with Gasteiger partial charge in [-0.2, -0.15) is 0 Å². The molecule has 0 aromatic heterocycles. The third kappa shape index (κ3) is 238. The first-order valence-corrected chi connectivity index (χ1v) is 1.70. The number of rotatable bonds is 0. The maximum absolute atomic E-state index is 9.27. The van der Waals surface area contributed by atoms with Crippen molar-refractivity contribution in [3.05, 3.63) is 0 Å². The van der Waals surface area contributed by atoms with Crippen LogP contribution in [0.5, 0.6) is 0 Å². The van der Waals surface area contributed by atoms with Crippen LogP contribution < -0.4 is 0 Å². The van der Waals surface area contributed by atoms with Crippen LogP contribution in [0.2, 0.25) is 0 Å². The van der Waals surface area contributed by atoms with E-state index in [9.17, 15) is 4.79 Å². The van der Waals surface area contributed by atoms with Gasteiger partial charge >= 0.3 is 0 Å². The van der Waals surface area contributed by atoms with Gasteiger partial charge in [0.05, 0.1) is 5.03 Å². The predicted molar refractivity (Wildman–Crippen MR) is 16.9 cm³/mol. The standard InChI is InChI=1S/COSi2/c2-1(3)4. The lowest BCUT2D eigenvalue weighted by atomic mass is 11.8. The fourth-order valence-electron chi connectivity index (χ4n) is 0. The molecule has 0 bridgehead atoms. The lowest BCUT2D eigenvalue weighted by molar-refractivity contribution is 0.275. The van der Waals surface area contributed by atoms with Gasteiger partial charge in [-0.05, 0) is 0 Å². The Balaban J connectivity index is 2.80. The summed E-state index contributed by atoms with van der Waals surface area (Å²) in [5, 5.41) is -0.222. The zero-order valence-corrected chi connectivity index (χ0v) is 3.91. The van der Waals surface area contributed by atoms with Crippen molar-refractivity contribution >= 4 is 25.5 Å². The Bertz CT molecular complexity index is 29.0. The number of carbonyl (C=O) groups is 1. The molecule has 0 aliphatic rings. The summed E-state index contributed by atoms with van der Waals surface area (Å²) in [6.07, 6.45) is 0. The second-order valence-corrected chi connectivity index (χ2v) is 1.74. The van der Waals surface area contributed by atoms with Gasteiger partial charge in [0, 0.05) is 0 Å². The van der Waals surface area contributed by atoms with E-state index in [2.05, 4.69) is 20.5 Å². The maximum atomic E-state index is 9.27. The number of hydrogen-bond acceptors (Lipinski definition) is 1. The highest BCUT2D eigenvalue weighted by atomic mass is 28.2. The molecule has 4 heavy (non-hydrogen) atoms. The average molecular weight is 84.2 g/mol. The van der Waals surface area contributed by atoms with E-state index in [1.807, 2.05) is 0 Å². The Morgan fingerprint density at radius 2 is 1.50 bits per heavy atom.